The summed E-state index contributed by atoms with van der Waals surface area (Å²) in [5, 5.41) is 4.82. The van der Waals surface area contributed by atoms with Crippen LogP contribution >= 0.6 is 0 Å². The zero-order valence-corrected chi connectivity index (χ0v) is 13.5. The van der Waals surface area contributed by atoms with E-state index in [1.165, 1.54) is 6.92 Å². The third-order valence-electron chi connectivity index (χ3n) is 4.27. The molecule has 132 valence electrons. The first-order valence-electron chi connectivity index (χ1n) is 7.96. The van der Waals surface area contributed by atoms with Gasteiger partial charge in [0.25, 0.3) is 0 Å². The van der Waals surface area contributed by atoms with Crippen LogP contribution in [0.4, 0.5) is 18.9 Å². The Labute approximate surface area is 138 Å². The summed E-state index contributed by atoms with van der Waals surface area (Å²) in [5.41, 5.74) is -0.932. The molecule has 1 saturated carbocycles. The molecule has 2 rings (SSSR count). The number of benzene rings is 1. The molecule has 2 amide bonds. The number of nitrogens with one attached hydrogen (secondary N) is 2. The first-order chi connectivity index (χ1) is 11.2. The van der Waals surface area contributed by atoms with Crippen molar-refractivity contribution in [2.45, 2.75) is 57.2 Å². The molecule has 0 aliphatic heterocycles. The van der Waals surface area contributed by atoms with Crippen LogP contribution in [0.5, 0.6) is 0 Å². The van der Waals surface area contributed by atoms with E-state index in [-0.39, 0.29) is 25.2 Å². The zero-order valence-electron chi connectivity index (χ0n) is 13.5. The molecule has 0 radical (unpaired) electrons. The maximum Gasteiger partial charge on any atom is 0.411 e. The lowest BCUT2D eigenvalue weighted by Crippen LogP contribution is -2.60. The van der Waals surface area contributed by atoms with Crippen LogP contribution in [0, 0.1) is 0 Å². The van der Waals surface area contributed by atoms with Crippen molar-refractivity contribution in [2.75, 3.05) is 5.32 Å². The van der Waals surface area contributed by atoms with Crippen molar-refractivity contribution < 1.29 is 22.8 Å². The highest BCUT2D eigenvalue weighted by molar-refractivity contribution is 5.88. The molecule has 0 atom stereocenters. The predicted molar refractivity (Wildman–Crippen MR) is 84.5 cm³/mol. The second-order valence-corrected chi connectivity index (χ2v) is 6.24. The SMILES string of the molecule is CC(=O)Nc1ccc(CC(=O)NC2(C(F)(F)F)CCCCC2)cc1. The van der Waals surface area contributed by atoms with E-state index in [1.807, 2.05) is 0 Å². The summed E-state index contributed by atoms with van der Waals surface area (Å²) in [4.78, 5) is 23.1. The summed E-state index contributed by atoms with van der Waals surface area (Å²) in [6, 6.07) is 6.46. The van der Waals surface area contributed by atoms with Crippen LogP contribution in [0.1, 0.15) is 44.6 Å². The van der Waals surface area contributed by atoms with E-state index >= 15 is 0 Å². The standard InChI is InChI=1S/C17H21F3N2O2/c1-12(23)21-14-7-5-13(6-8-14)11-15(24)22-16(17(18,19)20)9-3-2-4-10-16/h5-8H,2-4,9-11H2,1H3,(H,21,23)(H,22,24). The molecule has 24 heavy (non-hydrogen) atoms. The molecule has 0 bridgehead atoms. The second-order valence-electron chi connectivity index (χ2n) is 6.24. The minimum atomic E-state index is -4.45. The average molecular weight is 342 g/mol. The fraction of sp³-hybridized carbons (Fsp3) is 0.529. The topological polar surface area (TPSA) is 58.2 Å². The molecule has 0 aromatic heterocycles. The normalized spacial score (nSPS) is 17.2. The smallest absolute Gasteiger partial charge is 0.342 e. The summed E-state index contributed by atoms with van der Waals surface area (Å²) in [6.07, 6.45) is -3.02. The van der Waals surface area contributed by atoms with Crippen LogP contribution in [0.25, 0.3) is 0 Å². The maximum absolute atomic E-state index is 13.4. The largest absolute Gasteiger partial charge is 0.411 e. The van der Waals surface area contributed by atoms with E-state index in [0.717, 1.165) is 6.42 Å². The molecular formula is C17H21F3N2O2. The summed E-state index contributed by atoms with van der Waals surface area (Å²) in [6.45, 7) is 1.38. The van der Waals surface area contributed by atoms with Gasteiger partial charge in [-0.05, 0) is 30.5 Å². The molecular weight excluding hydrogens is 321 g/mol. The molecule has 1 aromatic carbocycles. The van der Waals surface area contributed by atoms with Crippen LogP contribution in [0.3, 0.4) is 0 Å². The van der Waals surface area contributed by atoms with Gasteiger partial charge in [0, 0.05) is 12.6 Å². The van der Waals surface area contributed by atoms with Crippen molar-refractivity contribution in [2.24, 2.45) is 0 Å². The molecule has 7 heteroatoms. The number of anilines is 1. The third kappa shape index (κ3) is 4.49. The van der Waals surface area contributed by atoms with Crippen LogP contribution in [-0.2, 0) is 16.0 Å². The van der Waals surface area contributed by atoms with Gasteiger partial charge in [-0.2, -0.15) is 13.2 Å². The molecule has 4 nitrogen and oxygen atoms in total. The number of carbonyl (C=O) groups is 2. The summed E-state index contributed by atoms with van der Waals surface area (Å²) >= 11 is 0. The van der Waals surface area contributed by atoms with Gasteiger partial charge < -0.3 is 10.6 Å². The van der Waals surface area contributed by atoms with Crippen LogP contribution in [0.15, 0.2) is 24.3 Å². The number of amides is 2. The number of hydrogen-bond acceptors (Lipinski definition) is 2. The lowest BCUT2D eigenvalue weighted by Gasteiger charge is -2.39. The molecule has 0 heterocycles. The first kappa shape index (κ1) is 18.3. The van der Waals surface area contributed by atoms with Crippen molar-refractivity contribution in [3.05, 3.63) is 29.8 Å². The molecule has 2 N–H and O–H groups in total. The van der Waals surface area contributed by atoms with Crippen molar-refractivity contribution in [1.29, 1.82) is 0 Å². The van der Waals surface area contributed by atoms with Gasteiger partial charge in [-0.1, -0.05) is 31.4 Å². The molecule has 0 unspecified atom stereocenters. The van der Waals surface area contributed by atoms with Crippen molar-refractivity contribution >= 4 is 17.5 Å². The van der Waals surface area contributed by atoms with Gasteiger partial charge in [0.1, 0.15) is 5.54 Å². The van der Waals surface area contributed by atoms with Gasteiger partial charge in [-0.15, -0.1) is 0 Å². The Kier molecular flexibility index (Phi) is 5.51. The maximum atomic E-state index is 13.4. The van der Waals surface area contributed by atoms with Crippen molar-refractivity contribution in [1.82, 2.24) is 5.32 Å². The number of hydrogen-bond donors (Lipinski definition) is 2. The lowest BCUT2D eigenvalue weighted by atomic mass is 9.81. The fourth-order valence-electron chi connectivity index (χ4n) is 3.04. The Hall–Kier alpha value is -2.05. The predicted octanol–water partition coefficient (Wildman–Crippen LogP) is 3.57. The molecule has 1 aliphatic rings. The van der Waals surface area contributed by atoms with Crippen molar-refractivity contribution in [3.63, 3.8) is 0 Å². The average Bonchev–Trinajstić information content (AvgIpc) is 2.48. The van der Waals surface area contributed by atoms with Gasteiger partial charge in [0.05, 0.1) is 6.42 Å². The minimum Gasteiger partial charge on any atom is -0.342 e. The van der Waals surface area contributed by atoms with E-state index in [0.29, 0.717) is 24.1 Å². The van der Waals surface area contributed by atoms with E-state index in [1.54, 1.807) is 24.3 Å². The minimum absolute atomic E-state index is 0.0658. The quantitative estimate of drug-likeness (QED) is 0.879. The molecule has 1 aliphatic carbocycles. The van der Waals surface area contributed by atoms with Crippen molar-refractivity contribution in [3.8, 4) is 0 Å². The lowest BCUT2D eigenvalue weighted by molar-refractivity contribution is -0.206. The highest BCUT2D eigenvalue weighted by Crippen LogP contribution is 2.41. The van der Waals surface area contributed by atoms with E-state index in [4.69, 9.17) is 0 Å². The Morgan fingerprint density at radius 3 is 2.17 bits per heavy atom. The zero-order chi connectivity index (χ0) is 17.8. The Balaban J connectivity index is 2.02. The highest BCUT2D eigenvalue weighted by atomic mass is 19.4. The monoisotopic (exact) mass is 342 g/mol. The number of rotatable bonds is 4. The van der Waals surface area contributed by atoms with Crippen LogP contribution in [-0.4, -0.2) is 23.5 Å². The molecule has 1 fully saturated rings. The molecule has 0 spiro atoms. The summed E-state index contributed by atoms with van der Waals surface area (Å²) in [7, 11) is 0. The van der Waals surface area contributed by atoms with Crippen LogP contribution < -0.4 is 10.6 Å². The number of halogens is 3. The molecule has 1 aromatic rings. The molecule has 0 saturated heterocycles. The number of alkyl halides is 3. The summed E-state index contributed by atoms with van der Waals surface area (Å²) in [5.74, 6) is -0.855. The summed E-state index contributed by atoms with van der Waals surface area (Å²) < 4.78 is 40.2. The third-order valence-corrected chi connectivity index (χ3v) is 4.27. The van der Waals surface area contributed by atoms with Gasteiger partial charge in [-0.25, -0.2) is 0 Å². The van der Waals surface area contributed by atoms with Gasteiger partial charge >= 0.3 is 6.18 Å². The Morgan fingerprint density at radius 1 is 1.08 bits per heavy atom. The van der Waals surface area contributed by atoms with E-state index in [9.17, 15) is 22.8 Å². The highest BCUT2D eigenvalue weighted by Gasteiger charge is 2.55. The number of carbonyl (C=O) groups excluding carboxylic acids is 2. The van der Waals surface area contributed by atoms with E-state index in [2.05, 4.69) is 10.6 Å². The Bertz CT molecular complexity index is 591. The second kappa shape index (κ2) is 7.23. The first-order valence-corrected chi connectivity index (χ1v) is 7.96. The fourth-order valence-corrected chi connectivity index (χ4v) is 3.04. The van der Waals surface area contributed by atoms with Gasteiger partial charge in [0.2, 0.25) is 11.8 Å². The van der Waals surface area contributed by atoms with Gasteiger partial charge in [-0.3, -0.25) is 9.59 Å². The Morgan fingerprint density at radius 2 is 1.67 bits per heavy atom. The van der Waals surface area contributed by atoms with Crippen LogP contribution in [0.2, 0.25) is 0 Å². The van der Waals surface area contributed by atoms with E-state index < -0.39 is 17.6 Å². The van der Waals surface area contributed by atoms with Gasteiger partial charge in [0.15, 0.2) is 0 Å².